The van der Waals surface area contributed by atoms with E-state index < -0.39 is 11.9 Å². The van der Waals surface area contributed by atoms with Gasteiger partial charge in [0.25, 0.3) is 0 Å². The predicted molar refractivity (Wildman–Crippen MR) is 25.0 cm³/mol. The SMILES string of the molecule is C[C@@H](CO)C(=O)O.[H-].[Na+]. The van der Waals surface area contributed by atoms with Gasteiger partial charge in [-0.1, -0.05) is 0 Å². The van der Waals surface area contributed by atoms with Crippen molar-refractivity contribution in [2.24, 2.45) is 5.92 Å². The summed E-state index contributed by atoms with van der Waals surface area (Å²) in [7, 11) is 0. The van der Waals surface area contributed by atoms with E-state index in [0.717, 1.165) is 0 Å². The minimum absolute atomic E-state index is 0. The molecule has 0 saturated carbocycles. The first-order valence-electron chi connectivity index (χ1n) is 2.02. The van der Waals surface area contributed by atoms with Gasteiger partial charge in [-0.05, 0) is 6.92 Å². The Bertz CT molecular complexity index is 78.2. The zero-order chi connectivity index (χ0) is 5.86. The Labute approximate surface area is 71.5 Å². The van der Waals surface area contributed by atoms with E-state index >= 15 is 0 Å². The van der Waals surface area contributed by atoms with Gasteiger partial charge in [0, 0.05) is 0 Å². The van der Waals surface area contributed by atoms with E-state index in [1.54, 1.807) is 0 Å². The number of aliphatic hydroxyl groups is 1. The number of carboxylic acid groups (broad SMARTS) is 1. The molecule has 0 aliphatic carbocycles. The second-order valence-electron chi connectivity index (χ2n) is 1.42. The Morgan fingerprint density at radius 3 is 2.25 bits per heavy atom. The van der Waals surface area contributed by atoms with Gasteiger partial charge in [-0.15, -0.1) is 0 Å². The zero-order valence-corrected chi connectivity index (χ0v) is 7.09. The number of rotatable bonds is 2. The molecule has 0 aliphatic rings. The van der Waals surface area contributed by atoms with Gasteiger partial charge >= 0.3 is 35.5 Å². The molecular formula is C4H9NaO3. The van der Waals surface area contributed by atoms with Crippen molar-refractivity contribution >= 4 is 5.97 Å². The fourth-order valence-electron chi connectivity index (χ4n) is 0.0781. The molecule has 0 aliphatic heterocycles. The molecule has 0 unspecified atom stereocenters. The molecule has 44 valence electrons. The fourth-order valence-corrected chi connectivity index (χ4v) is 0.0781. The van der Waals surface area contributed by atoms with Gasteiger partial charge in [0.2, 0.25) is 0 Å². The second-order valence-corrected chi connectivity index (χ2v) is 1.42. The first kappa shape index (κ1) is 11.3. The van der Waals surface area contributed by atoms with Crippen molar-refractivity contribution in [2.75, 3.05) is 6.61 Å². The van der Waals surface area contributed by atoms with E-state index in [0.29, 0.717) is 0 Å². The molecule has 0 rings (SSSR count). The Hall–Kier alpha value is 0.430. The Morgan fingerprint density at radius 2 is 2.25 bits per heavy atom. The number of carbonyl (C=O) groups is 1. The fraction of sp³-hybridized carbons (Fsp3) is 0.750. The quantitative estimate of drug-likeness (QED) is 0.385. The smallest absolute Gasteiger partial charge is 1.00 e. The van der Waals surface area contributed by atoms with Crippen LogP contribution in [-0.2, 0) is 4.79 Å². The average Bonchev–Trinajstić information content (AvgIpc) is 1.65. The van der Waals surface area contributed by atoms with Crippen molar-refractivity contribution in [1.29, 1.82) is 0 Å². The Morgan fingerprint density at radius 1 is 1.88 bits per heavy atom. The molecule has 0 spiro atoms. The van der Waals surface area contributed by atoms with E-state index in [1.807, 2.05) is 0 Å². The van der Waals surface area contributed by atoms with Crippen LogP contribution in [0.2, 0.25) is 0 Å². The minimum Gasteiger partial charge on any atom is -1.00 e. The number of carboxylic acids is 1. The minimum atomic E-state index is -0.956. The van der Waals surface area contributed by atoms with Gasteiger partial charge in [-0.2, -0.15) is 0 Å². The Kier molecular flexibility index (Phi) is 7.83. The van der Waals surface area contributed by atoms with Crippen LogP contribution in [-0.4, -0.2) is 22.8 Å². The van der Waals surface area contributed by atoms with E-state index in [1.165, 1.54) is 6.92 Å². The topological polar surface area (TPSA) is 57.5 Å². The second kappa shape index (κ2) is 5.56. The van der Waals surface area contributed by atoms with Crippen molar-refractivity contribution < 1.29 is 46.0 Å². The zero-order valence-electron chi connectivity index (χ0n) is 6.09. The number of aliphatic carboxylic acids is 1. The number of hydrogen-bond acceptors (Lipinski definition) is 2. The predicted octanol–water partition coefficient (Wildman–Crippen LogP) is -3.18. The summed E-state index contributed by atoms with van der Waals surface area (Å²) in [6.45, 7) is 1.16. The third kappa shape index (κ3) is 4.59. The third-order valence-corrected chi connectivity index (χ3v) is 0.695. The van der Waals surface area contributed by atoms with Gasteiger partial charge in [0.15, 0.2) is 0 Å². The van der Waals surface area contributed by atoms with Crippen LogP contribution in [0.25, 0.3) is 0 Å². The summed E-state index contributed by atoms with van der Waals surface area (Å²) in [5, 5.41) is 16.1. The molecule has 0 fully saturated rings. The summed E-state index contributed by atoms with van der Waals surface area (Å²) in [6.07, 6.45) is 0. The first-order valence-corrected chi connectivity index (χ1v) is 2.02. The van der Waals surface area contributed by atoms with Crippen molar-refractivity contribution in [3.05, 3.63) is 0 Å². The van der Waals surface area contributed by atoms with Crippen LogP contribution in [0.5, 0.6) is 0 Å². The van der Waals surface area contributed by atoms with Gasteiger partial charge in [-0.25, -0.2) is 0 Å². The van der Waals surface area contributed by atoms with Crippen molar-refractivity contribution in [3.63, 3.8) is 0 Å². The van der Waals surface area contributed by atoms with E-state index in [9.17, 15) is 4.79 Å². The molecule has 3 nitrogen and oxygen atoms in total. The molecule has 0 aromatic rings. The van der Waals surface area contributed by atoms with Crippen LogP contribution in [0.4, 0.5) is 0 Å². The van der Waals surface area contributed by atoms with Gasteiger partial charge in [0.05, 0.1) is 12.5 Å². The van der Waals surface area contributed by atoms with Crippen LogP contribution in [0.1, 0.15) is 8.35 Å². The summed E-state index contributed by atoms with van der Waals surface area (Å²) in [5.41, 5.74) is 0. The van der Waals surface area contributed by atoms with Crippen molar-refractivity contribution in [1.82, 2.24) is 0 Å². The molecule has 0 radical (unpaired) electrons. The van der Waals surface area contributed by atoms with Crippen LogP contribution in [0.15, 0.2) is 0 Å². The molecule has 8 heavy (non-hydrogen) atoms. The van der Waals surface area contributed by atoms with Crippen LogP contribution < -0.4 is 29.6 Å². The van der Waals surface area contributed by atoms with E-state index in [-0.39, 0.29) is 37.6 Å². The molecule has 0 aromatic heterocycles. The van der Waals surface area contributed by atoms with E-state index in [2.05, 4.69) is 0 Å². The molecule has 4 heteroatoms. The largest absolute Gasteiger partial charge is 1.00 e. The molecule has 0 amide bonds. The van der Waals surface area contributed by atoms with Gasteiger partial charge < -0.3 is 11.6 Å². The standard InChI is InChI=1S/C4H8O3.Na.H/c1-3(2-5)4(6)7;;/h3,5H,2H2,1H3,(H,6,7);;/q;+1;-1/t3-;;/m0../s1. The van der Waals surface area contributed by atoms with Crippen LogP contribution in [0.3, 0.4) is 0 Å². The molecule has 2 N–H and O–H groups in total. The summed E-state index contributed by atoms with van der Waals surface area (Å²) in [4.78, 5) is 9.77. The summed E-state index contributed by atoms with van der Waals surface area (Å²) < 4.78 is 0. The molecule has 1 atom stereocenters. The van der Waals surface area contributed by atoms with Gasteiger partial charge in [-0.3, -0.25) is 4.79 Å². The van der Waals surface area contributed by atoms with Crippen LogP contribution in [0, 0.1) is 5.92 Å². The van der Waals surface area contributed by atoms with E-state index in [4.69, 9.17) is 10.2 Å². The van der Waals surface area contributed by atoms with Crippen molar-refractivity contribution in [2.45, 2.75) is 6.92 Å². The molecule has 0 heterocycles. The summed E-state index contributed by atoms with van der Waals surface area (Å²) in [6, 6.07) is 0. The summed E-state index contributed by atoms with van der Waals surface area (Å²) >= 11 is 0. The molecule has 0 aromatic carbocycles. The Balaban J connectivity index is -0.000000180. The molecule has 0 saturated heterocycles. The maximum Gasteiger partial charge on any atom is 1.00 e. The van der Waals surface area contributed by atoms with Gasteiger partial charge in [0.1, 0.15) is 0 Å². The molecule has 0 bridgehead atoms. The third-order valence-electron chi connectivity index (χ3n) is 0.695. The maximum absolute atomic E-state index is 9.77. The van der Waals surface area contributed by atoms with Crippen LogP contribution >= 0.6 is 0 Å². The molecular weight excluding hydrogens is 119 g/mol. The normalized spacial score (nSPS) is 11.8. The summed E-state index contributed by atoms with van der Waals surface area (Å²) in [5.74, 6) is -1.58. The number of hydrogen-bond donors (Lipinski definition) is 2. The maximum atomic E-state index is 9.77. The number of aliphatic hydroxyl groups excluding tert-OH is 1. The average molecular weight is 128 g/mol. The van der Waals surface area contributed by atoms with Crippen molar-refractivity contribution in [3.8, 4) is 0 Å². The monoisotopic (exact) mass is 128 g/mol. The first-order chi connectivity index (χ1) is 3.18.